The largest absolute Gasteiger partial charge is 0.311 e. The van der Waals surface area contributed by atoms with Gasteiger partial charge in [0.2, 0.25) is 0 Å². The Kier molecular flexibility index (Phi) is 5.28. The SMILES string of the molecule is CC1CCC(CNC(C)(C)C)(c2c(Cl)cccc2Cl)CC1. The molecule has 21 heavy (non-hydrogen) atoms. The first-order chi connectivity index (χ1) is 9.73. The molecule has 2 rings (SSSR count). The molecule has 1 N–H and O–H groups in total. The van der Waals surface area contributed by atoms with Crippen LogP contribution in [0.15, 0.2) is 18.2 Å². The number of benzene rings is 1. The minimum atomic E-state index is 0.0647. The summed E-state index contributed by atoms with van der Waals surface area (Å²) in [6.45, 7) is 9.91. The van der Waals surface area contributed by atoms with E-state index in [1.54, 1.807) is 0 Å². The highest BCUT2D eigenvalue weighted by molar-refractivity contribution is 6.36. The zero-order valence-electron chi connectivity index (χ0n) is 13.6. The van der Waals surface area contributed by atoms with Gasteiger partial charge in [0.1, 0.15) is 0 Å². The van der Waals surface area contributed by atoms with Gasteiger partial charge in [-0.1, -0.05) is 36.2 Å². The molecule has 0 bridgehead atoms. The van der Waals surface area contributed by atoms with Crippen LogP contribution in [0.1, 0.15) is 58.9 Å². The van der Waals surface area contributed by atoms with Crippen molar-refractivity contribution in [3.05, 3.63) is 33.8 Å². The molecule has 0 saturated heterocycles. The van der Waals surface area contributed by atoms with Gasteiger partial charge in [-0.05, 0) is 70.1 Å². The molecule has 0 amide bonds. The van der Waals surface area contributed by atoms with Crippen LogP contribution in [0.2, 0.25) is 10.0 Å². The predicted molar refractivity (Wildman–Crippen MR) is 93.5 cm³/mol. The van der Waals surface area contributed by atoms with Crippen molar-refractivity contribution in [2.45, 2.75) is 64.3 Å². The van der Waals surface area contributed by atoms with E-state index in [-0.39, 0.29) is 11.0 Å². The van der Waals surface area contributed by atoms with Crippen molar-refractivity contribution >= 4 is 23.2 Å². The van der Waals surface area contributed by atoms with Crippen LogP contribution >= 0.6 is 23.2 Å². The number of halogens is 2. The normalized spacial score (nSPS) is 26.9. The topological polar surface area (TPSA) is 12.0 Å². The average molecular weight is 328 g/mol. The average Bonchev–Trinajstić information content (AvgIpc) is 2.38. The molecule has 0 unspecified atom stereocenters. The Morgan fingerprint density at radius 2 is 1.67 bits per heavy atom. The highest BCUT2D eigenvalue weighted by atomic mass is 35.5. The molecule has 1 aliphatic carbocycles. The molecular weight excluding hydrogens is 301 g/mol. The van der Waals surface area contributed by atoms with Crippen molar-refractivity contribution in [2.24, 2.45) is 5.92 Å². The van der Waals surface area contributed by atoms with Gasteiger partial charge in [0, 0.05) is 27.5 Å². The second kappa shape index (κ2) is 6.48. The predicted octanol–water partition coefficient (Wildman–Crippen LogP) is 5.83. The Bertz CT molecular complexity index is 462. The summed E-state index contributed by atoms with van der Waals surface area (Å²) in [6, 6.07) is 5.88. The summed E-state index contributed by atoms with van der Waals surface area (Å²) in [5.74, 6) is 0.800. The smallest absolute Gasteiger partial charge is 0.0459 e. The Morgan fingerprint density at radius 1 is 1.14 bits per heavy atom. The Balaban J connectivity index is 2.36. The second-order valence-electron chi connectivity index (χ2n) is 7.66. The van der Waals surface area contributed by atoms with Crippen LogP contribution in [0.25, 0.3) is 0 Å². The van der Waals surface area contributed by atoms with Gasteiger partial charge in [-0.15, -0.1) is 0 Å². The molecule has 1 aromatic carbocycles. The third kappa shape index (κ3) is 4.15. The zero-order valence-corrected chi connectivity index (χ0v) is 15.1. The fraction of sp³-hybridized carbons (Fsp3) is 0.667. The van der Waals surface area contributed by atoms with Gasteiger partial charge in [-0.25, -0.2) is 0 Å². The van der Waals surface area contributed by atoms with E-state index >= 15 is 0 Å². The first-order valence-electron chi connectivity index (χ1n) is 7.93. The molecule has 1 nitrogen and oxygen atoms in total. The summed E-state index contributed by atoms with van der Waals surface area (Å²) in [5.41, 5.74) is 1.32. The van der Waals surface area contributed by atoms with Crippen LogP contribution in [0, 0.1) is 5.92 Å². The lowest BCUT2D eigenvalue weighted by molar-refractivity contribution is 0.217. The number of nitrogens with one attached hydrogen (secondary N) is 1. The molecule has 1 fully saturated rings. The zero-order chi connectivity index (χ0) is 15.7. The third-order valence-corrected chi connectivity index (χ3v) is 5.31. The molecule has 0 aliphatic heterocycles. The van der Waals surface area contributed by atoms with Gasteiger partial charge in [0.15, 0.2) is 0 Å². The molecule has 3 heteroatoms. The molecule has 1 aromatic rings. The van der Waals surface area contributed by atoms with Crippen LogP contribution in [0.3, 0.4) is 0 Å². The maximum atomic E-state index is 6.53. The van der Waals surface area contributed by atoms with Gasteiger partial charge < -0.3 is 5.32 Å². The Hall–Kier alpha value is -0.240. The summed E-state index contributed by atoms with van der Waals surface area (Å²) in [7, 11) is 0. The van der Waals surface area contributed by atoms with E-state index in [1.807, 2.05) is 18.2 Å². The lowest BCUT2D eigenvalue weighted by Gasteiger charge is -2.43. The molecule has 0 atom stereocenters. The first kappa shape index (κ1) is 17.1. The van der Waals surface area contributed by atoms with E-state index in [2.05, 4.69) is 33.0 Å². The lowest BCUT2D eigenvalue weighted by atomic mass is 9.66. The Labute approximate surface area is 139 Å². The maximum Gasteiger partial charge on any atom is 0.0459 e. The molecule has 0 radical (unpaired) electrons. The summed E-state index contributed by atoms with van der Waals surface area (Å²) in [4.78, 5) is 0. The summed E-state index contributed by atoms with van der Waals surface area (Å²) < 4.78 is 0. The van der Waals surface area contributed by atoms with Crippen molar-refractivity contribution < 1.29 is 0 Å². The van der Waals surface area contributed by atoms with Crippen LogP contribution in [-0.4, -0.2) is 12.1 Å². The fourth-order valence-electron chi connectivity index (χ4n) is 3.27. The molecular formula is C18H27Cl2N. The van der Waals surface area contributed by atoms with Crippen LogP contribution < -0.4 is 5.32 Å². The van der Waals surface area contributed by atoms with E-state index in [0.29, 0.717) is 0 Å². The molecule has 0 spiro atoms. The Morgan fingerprint density at radius 3 is 2.14 bits per heavy atom. The lowest BCUT2D eigenvalue weighted by Crippen LogP contribution is -2.47. The molecule has 0 heterocycles. The van der Waals surface area contributed by atoms with Crippen molar-refractivity contribution in [1.82, 2.24) is 5.32 Å². The van der Waals surface area contributed by atoms with E-state index < -0.39 is 0 Å². The summed E-state index contributed by atoms with van der Waals surface area (Å²) >= 11 is 13.1. The summed E-state index contributed by atoms with van der Waals surface area (Å²) in [6.07, 6.45) is 4.79. The number of rotatable bonds is 3. The minimum Gasteiger partial charge on any atom is -0.311 e. The highest BCUT2D eigenvalue weighted by Gasteiger charge is 2.39. The third-order valence-electron chi connectivity index (χ3n) is 4.68. The number of hydrogen-bond donors (Lipinski definition) is 1. The fourth-order valence-corrected chi connectivity index (χ4v) is 4.07. The number of hydrogen-bond acceptors (Lipinski definition) is 1. The van der Waals surface area contributed by atoms with Gasteiger partial charge in [0.05, 0.1) is 0 Å². The molecule has 1 aliphatic rings. The van der Waals surface area contributed by atoms with Crippen LogP contribution in [0.4, 0.5) is 0 Å². The second-order valence-corrected chi connectivity index (χ2v) is 8.48. The first-order valence-corrected chi connectivity index (χ1v) is 8.69. The van der Waals surface area contributed by atoms with Gasteiger partial charge in [-0.2, -0.15) is 0 Å². The maximum absolute atomic E-state index is 6.53. The van der Waals surface area contributed by atoms with Gasteiger partial charge in [0.25, 0.3) is 0 Å². The van der Waals surface area contributed by atoms with Gasteiger partial charge >= 0.3 is 0 Å². The van der Waals surface area contributed by atoms with Crippen LogP contribution in [-0.2, 0) is 5.41 Å². The van der Waals surface area contributed by atoms with E-state index in [0.717, 1.165) is 40.9 Å². The summed E-state index contributed by atoms with van der Waals surface area (Å²) in [5, 5.41) is 5.31. The van der Waals surface area contributed by atoms with Crippen LogP contribution in [0.5, 0.6) is 0 Å². The van der Waals surface area contributed by atoms with Crippen molar-refractivity contribution in [1.29, 1.82) is 0 Å². The van der Waals surface area contributed by atoms with Crippen molar-refractivity contribution in [3.63, 3.8) is 0 Å². The highest BCUT2D eigenvalue weighted by Crippen LogP contribution is 2.46. The van der Waals surface area contributed by atoms with Gasteiger partial charge in [-0.3, -0.25) is 0 Å². The van der Waals surface area contributed by atoms with Crippen molar-refractivity contribution in [3.8, 4) is 0 Å². The minimum absolute atomic E-state index is 0.0647. The standard InChI is InChI=1S/C18H27Cl2N/c1-13-8-10-18(11-9-13,12-21-17(2,3)4)16-14(19)6-5-7-15(16)20/h5-7,13,21H,8-12H2,1-4H3. The molecule has 0 aromatic heterocycles. The van der Waals surface area contributed by atoms with E-state index in [1.165, 1.54) is 12.8 Å². The molecule has 1 saturated carbocycles. The monoisotopic (exact) mass is 327 g/mol. The quantitative estimate of drug-likeness (QED) is 0.736. The molecule has 118 valence electrons. The van der Waals surface area contributed by atoms with E-state index in [4.69, 9.17) is 23.2 Å². The van der Waals surface area contributed by atoms with Crippen molar-refractivity contribution in [2.75, 3.05) is 6.54 Å². The van der Waals surface area contributed by atoms with E-state index in [9.17, 15) is 0 Å².